The second-order valence-corrected chi connectivity index (χ2v) is 6.96. The number of rotatable bonds is 7. The van der Waals surface area contributed by atoms with E-state index in [-0.39, 0.29) is 19.2 Å². The summed E-state index contributed by atoms with van der Waals surface area (Å²) in [4.78, 5) is 14.5. The Morgan fingerprint density at radius 2 is 1.83 bits per heavy atom. The molecule has 1 aromatic carbocycles. The lowest BCUT2D eigenvalue weighted by atomic mass is 10.0. The van der Waals surface area contributed by atoms with Crippen LogP contribution in [0.1, 0.15) is 0 Å². The third-order valence-corrected chi connectivity index (χ3v) is 5.18. The highest BCUT2D eigenvalue weighted by Gasteiger charge is 2.46. The molecule has 2 amide bonds. The van der Waals surface area contributed by atoms with E-state index in [4.69, 9.17) is 18.9 Å². The number of morpholine rings is 1. The van der Waals surface area contributed by atoms with Crippen LogP contribution in [0.3, 0.4) is 0 Å². The highest BCUT2D eigenvalue weighted by Crippen LogP contribution is 2.27. The van der Waals surface area contributed by atoms with E-state index in [1.165, 1.54) is 14.2 Å². The van der Waals surface area contributed by atoms with Crippen LogP contribution >= 0.6 is 0 Å². The molecule has 2 aliphatic rings. The van der Waals surface area contributed by atoms with E-state index in [0.29, 0.717) is 43.5 Å². The first-order valence-electron chi connectivity index (χ1n) is 9.59. The van der Waals surface area contributed by atoms with Crippen LogP contribution in [0.15, 0.2) is 18.2 Å². The quantitative estimate of drug-likeness (QED) is 0.480. The number of hydrogen-bond acceptors (Lipinski definition) is 8. The average Bonchev–Trinajstić information content (AvgIpc) is 3.07. The van der Waals surface area contributed by atoms with Crippen molar-refractivity contribution in [2.45, 2.75) is 24.4 Å². The predicted octanol–water partition coefficient (Wildman–Crippen LogP) is -0.353. The van der Waals surface area contributed by atoms with Crippen molar-refractivity contribution in [2.75, 3.05) is 59.0 Å². The van der Waals surface area contributed by atoms with Gasteiger partial charge in [0.05, 0.1) is 46.2 Å². The van der Waals surface area contributed by atoms with Crippen molar-refractivity contribution in [3.05, 3.63) is 18.2 Å². The van der Waals surface area contributed by atoms with Gasteiger partial charge in [-0.3, -0.25) is 4.90 Å². The molecule has 10 heteroatoms. The Morgan fingerprint density at radius 1 is 1.17 bits per heavy atom. The molecule has 2 heterocycles. The first-order valence-corrected chi connectivity index (χ1v) is 9.59. The number of carbonyl (C=O) groups excluding carboxylic acids is 1. The molecular weight excluding hydrogens is 382 g/mol. The van der Waals surface area contributed by atoms with Crippen LogP contribution in [0.5, 0.6) is 11.5 Å². The van der Waals surface area contributed by atoms with Crippen LogP contribution in [-0.2, 0) is 9.47 Å². The Labute approximate surface area is 169 Å². The van der Waals surface area contributed by atoms with Gasteiger partial charge in [0, 0.05) is 43.5 Å². The number of carbonyl (C=O) groups is 1. The van der Waals surface area contributed by atoms with Gasteiger partial charge in [-0.2, -0.15) is 0 Å². The molecule has 4 unspecified atom stereocenters. The van der Waals surface area contributed by atoms with Crippen molar-refractivity contribution < 1.29 is 34.0 Å². The molecule has 0 aliphatic carbocycles. The van der Waals surface area contributed by atoms with E-state index >= 15 is 0 Å². The standard InChI is InChI=1S/C19H29N3O7/c1-26-13-7-12(8-14(9-13)27-2)21-19(25)20-10-15-17(18(24)16(11-23)29-15)22-3-5-28-6-4-22/h7-9,15-18,23-24H,3-6,10-11H2,1-2H3,(H2,20,21,25). The Kier molecular flexibility index (Phi) is 7.51. The van der Waals surface area contributed by atoms with Gasteiger partial charge in [0.25, 0.3) is 0 Å². The van der Waals surface area contributed by atoms with Gasteiger partial charge in [0.1, 0.15) is 23.7 Å². The molecule has 2 saturated heterocycles. The van der Waals surface area contributed by atoms with Crippen LogP contribution in [-0.4, -0.2) is 99.2 Å². The van der Waals surface area contributed by atoms with Crippen molar-refractivity contribution >= 4 is 11.7 Å². The number of aliphatic hydroxyl groups is 2. The lowest BCUT2D eigenvalue weighted by molar-refractivity contribution is -0.0214. The molecule has 2 fully saturated rings. The summed E-state index contributed by atoms with van der Waals surface area (Å²) in [5, 5.41) is 25.6. The van der Waals surface area contributed by atoms with Gasteiger partial charge in [0.2, 0.25) is 0 Å². The van der Waals surface area contributed by atoms with E-state index < -0.39 is 24.3 Å². The van der Waals surface area contributed by atoms with E-state index in [1.54, 1.807) is 18.2 Å². The Hall–Kier alpha value is -2.11. The molecule has 0 bridgehead atoms. The second kappa shape index (κ2) is 10.1. The maximum atomic E-state index is 12.4. The van der Waals surface area contributed by atoms with E-state index in [2.05, 4.69) is 15.5 Å². The number of hydrogen-bond donors (Lipinski definition) is 4. The molecule has 4 N–H and O–H groups in total. The van der Waals surface area contributed by atoms with E-state index in [1.807, 2.05) is 0 Å². The van der Waals surface area contributed by atoms with Crippen LogP contribution in [0.25, 0.3) is 0 Å². The fourth-order valence-electron chi connectivity index (χ4n) is 3.72. The Balaban J connectivity index is 1.60. The van der Waals surface area contributed by atoms with Gasteiger partial charge in [-0.1, -0.05) is 0 Å². The van der Waals surface area contributed by atoms with Crippen molar-refractivity contribution in [1.82, 2.24) is 10.2 Å². The molecule has 0 radical (unpaired) electrons. The zero-order valence-electron chi connectivity index (χ0n) is 16.7. The maximum Gasteiger partial charge on any atom is 0.319 e. The zero-order valence-corrected chi connectivity index (χ0v) is 16.7. The number of nitrogens with zero attached hydrogens (tertiary/aromatic N) is 1. The van der Waals surface area contributed by atoms with Gasteiger partial charge in [-0.05, 0) is 0 Å². The van der Waals surface area contributed by atoms with E-state index in [9.17, 15) is 15.0 Å². The third kappa shape index (κ3) is 5.28. The number of anilines is 1. The normalized spacial score (nSPS) is 27.4. The molecule has 2 aliphatic heterocycles. The third-order valence-electron chi connectivity index (χ3n) is 5.18. The number of nitrogens with one attached hydrogen (secondary N) is 2. The summed E-state index contributed by atoms with van der Waals surface area (Å²) in [7, 11) is 3.06. The summed E-state index contributed by atoms with van der Waals surface area (Å²) in [5.41, 5.74) is 0.518. The Bertz CT molecular complexity index is 662. The number of aliphatic hydroxyl groups excluding tert-OH is 2. The van der Waals surface area contributed by atoms with Gasteiger partial charge >= 0.3 is 6.03 Å². The van der Waals surface area contributed by atoms with Gasteiger partial charge in [-0.15, -0.1) is 0 Å². The number of benzene rings is 1. The lowest BCUT2D eigenvalue weighted by Gasteiger charge is -2.36. The molecule has 1 aromatic rings. The molecular formula is C19H29N3O7. The average molecular weight is 411 g/mol. The van der Waals surface area contributed by atoms with Crippen LogP contribution in [0.4, 0.5) is 10.5 Å². The van der Waals surface area contributed by atoms with Crippen LogP contribution in [0.2, 0.25) is 0 Å². The van der Waals surface area contributed by atoms with Crippen LogP contribution in [0, 0.1) is 0 Å². The number of urea groups is 1. The summed E-state index contributed by atoms with van der Waals surface area (Å²) in [6, 6.07) is 4.31. The topological polar surface area (TPSA) is 122 Å². The molecule has 3 rings (SSSR count). The van der Waals surface area contributed by atoms with Crippen molar-refractivity contribution in [3.8, 4) is 11.5 Å². The molecule has 0 saturated carbocycles. The van der Waals surface area contributed by atoms with Gasteiger partial charge in [0.15, 0.2) is 0 Å². The monoisotopic (exact) mass is 411 g/mol. The predicted molar refractivity (Wildman–Crippen MR) is 105 cm³/mol. The largest absolute Gasteiger partial charge is 0.497 e. The fraction of sp³-hybridized carbons (Fsp3) is 0.632. The van der Waals surface area contributed by atoms with Crippen molar-refractivity contribution in [3.63, 3.8) is 0 Å². The Morgan fingerprint density at radius 3 is 2.41 bits per heavy atom. The van der Waals surface area contributed by atoms with E-state index in [0.717, 1.165) is 0 Å². The zero-order chi connectivity index (χ0) is 20.8. The number of methoxy groups -OCH3 is 2. The minimum absolute atomic E-state index is 0.183. The SMILES string of the molecule is COc1cc(NC(=O)NCC2OC(CO)C(O)C2N2CCOCC2)cc(OC)c1. The maximum absolute atomic E-state index is 12.4. The highest BCUT2D eigenvalue weighted by molar-refractivity contribution is 5.89. The number of ether oxygens (including phenoxy) is 4. The van der Waals surface area contributed by atoms with Crippen molar-refractivity contribution in [2.24, 2.45) is 0 Å². The van der Waals surface area contributed by atoms with Gasteiger partial charge in [-0.25, -0.2) is 4.79 Å². The number of amides is 2. The molecule has 29 heavy (non-hydrogen) atoms. The molecule has 10 nitrogen and oxygen atoms in total. The highest BCUT2D eigenvalue weighted by atomic mass is 16.5. The molecule has 0 spiro atoms. The second-order valence-electron chi connectivity index (χ2n) is 6.96. The van der Waals surface area contributed by atoms with Crippen molar-refractivity contribution in [1.29, 1.82) is 0 Å². The minimum Gasteiger partial charge on any atom is -0.497 e. The summed E-state index contributed by atoms with van der Waals surface area (Å²) in [6.07, 6.45) is -1.97. The summed E-state index contributed by atoms with van der Waals surface area (Å²) < 4.78 is 21.6. The summed E-state index contributed by atoms with van der Waals surface area (Å²) in [5.74, 6) is 1.11. The fourth-order valence-corrected chi connectivity index (χ4v) is 3.72. The molecule has 0 aromatic heterocycles. The molecule has 162 valence electrons. The first-order chi connectivity index (χ1) is 14.0. The van der Waals surface area contributed by atoms with Crippen LogP contribution < -0.4 is 20.1 Å². The van der Waals surface area contributed by atoms with Gasteiger partial charge < -0.3 is 39.8 Å². The lowest BCUT2D eigenvalue weighted by Crippen LogP contribution is -2.54. The minimum atomic E-state index is -0.837. The first kappa shape index (κ1) is 21.6. The summed E-state index contributed by atoms with van der Waals surface area (Å²) in [6.45, 7) is 2.37. The smallest absolute Gasteiger partial charge is 0.319 e. The molecule has 4 atom stereocenters. The summed E-state index contributed by atoms with van der Waals surface area (Å²) >= 11 is 0.